The molecule has 9 heteroatoms. The Kier molecular flexibility index (Phi) is 6.24. The van der Waals surface area contributed by atoms with E-state index in [1.807, 2.05) is 24.1 Å². The zero-order valence-corrected chi connectivity index (χ0v) is 17.1. The highest BCUT2D eigenvalue weighted by atomic mass is 35.5. The number of ether oxygens (including phenoxy) is 1. The van der Waals surface area contributed by atoms with Crippen molar-refractivity contribution < 1.29 is 19.1 Å². The minimum absolute atomic E-state index is 0. The van der Waals surface area contributed by atoms with E-state index in [0.29, 0.717) is 24.8 Å². The lowest BCUT2D eigenvalue weighted by Crippen LogP contribution is -2.44. The predicted molar refractivity (Wildman–Crippen MR) is 114 cm³/mol. The second-order valence-corrected chi connectivity index (χ2v) is 6.74. The van der Waals surface area contributed by atoms with Crippen LogP contribution in [0.1, 0.15) is 28.6 Å². The van der Waals surface area contributed by atoms with Crippen molar-refractivity contribution in [2.24, 2.45) is 4.99 Å². The summed E-state index contributed by atoms with van der Waals surface area (Å²) in [7, 11) is 2.05. The van der Waals surface area contributed by atoms with E-state index in [1.54, 1.807) is 25.4 Å². The van der Waals surface area contributed by atoms with Crippen LogP contribution in [0.25, 0.3) is 11.6 Å². The van der Waals surface area contributed by atoms with Crippen LogP contribution in [0.3, 0.4) is 0 Å². The summed E-state index contributed by atoms with van der Waals surface area (Å²) in [5.41, 5.74) is 1.67. The van der Waals surface area contributed by atoms with Gasteiger partial charge in [0.1, 0.15) is 0 Å². The first kappa shape index (κ1) is 20.9. The zero-order valence-electron chi connectivity index (χ0n) is 16.3. The average Bonchev–Trinajstić information content (AvgIpc) is 3.25. The van der Waals surface area contributed by atoms with Crippen molar-refractivity contribution in [3.8, 4) is 5.75 Å². The summed E-state index contributed by atoms with van der Waals surface area (Å²) in [5, 5.41) is 10.8. The number of allylic oxidation sites excluding steroid dienone is 1. The van der Waals surface area contributed by atoms with Crippen LogP contribution in [0.15, 0.2) is 27.7 Å². The molecule has 8 nitrogen and oxygen atoms in total. The van der Waals surface area contributed by atoms with Gasteiger partial charge in [0.2, 0.25) is 5.88 Å². The molecule has 4 heterocycles. The SMILES string of the molecule is CCOC(=O)c1c(N2CCN(C)CC2)oc(C=C2C=Nc3ncccc32)c1O.Cl. The summed E-state index contributed by atoms with van der Waals surface area (Å²) < 4.78 is 11.1. The predicted octanol–water partition coefficient (Wildman–Crippen LogP) is 2.99. The lowest BCUT2D eigenvalue weighted by molar-refractivity contribution is 0.0523. The number of piperazine rings is 1. The molecule has 29 heavy (non-hydrogen) atoms. The summed E-state index contributed by atoms with van der Waals surface area (Å²) in [5.74, 6) is 0.354. The Balaban J connectivity index is 0.00000240. The number of likely N-dealkylation sites (N-methyl/N-ethyl adjacent to an activating group) is 1. The maximum absolute atomic E-state index is 12.5. The van der Waals surface area contributed by atoms with E-state index in [-0.39, 0.29) is 36.1 Å². The van der Waals surface area contributed by atoms with E-state index in [2.05, 4.69) is 14.9 Å². The van der Waals surface area contributed by atoms with Crippen molar-refractivity contribution in [3.63, 3.8) is 0 Å². The maximum Gasteiger partial charge on any atom is 0.347 e. The monoisotopic (exact) mass is 418 g/mol. The van der Waals surface area contributed by atoms with Gasteiger partial charge in [-0.3, -0.25) is 0 Å². The van der Waals surface area contributed by atoms with Crippen LogP contribution in [-0.4, -0.2) is 67.0 Å². The number of aromatic hydroxyl groups is 1. The molecule has 0 unspecified atom stereocenters. The van der Waals surface area contributed by atoms with Gasteiger partial charge in [0, 0.05) is 49.7 Å². The van der Waals surface area contributed by atoms with Gasteiger partial charge in [-0.2, -0.15) is 0 Å². The molecule has 154 valence electrons. The molecule has 1 N–H and O–H groups in total. The Morgan fingerprint density at radius 2 is 2.10 bits per heavy atom. The third-order valence-corrected chi connectivity index (χ3v) is 4.87. The van der Waals surface area contributed by atoms with Crippen molar-refractivity contribution in [2.45, 2.75) is 6.92 Å². The Bertz CT molecular complexity index is 961. The number of pyridine rings is 1. The maximum atomic E-state index is 12.5. The normalized spacial score (nSPS) is 17.3. The number of halogens is 1. The Labute approximate surface area is 174 Å². The molecule has 0 aromatic carbocycles. The van der Waals surface area contributed by atoms with Gasteiger partial charge in [0.25, 0.3) is 0 Å². The number of nitrogens with zero attached hydrogens (tertiary/aromatic N) is 4. The molecule has 2 aliphatic heterocycles. The number of hydrogen-bond donors (Lipinski definition) is 1. The Morgan fingerprint density at radius 3 is 2.83 bits per heavy atom. The fourth-order valence-electron chi connectivity index (χ4n) is 3.33. The lowest BCUT2D eigenvalue weighted by Gasteiger charge is -2.32. The van der Waals surface area contributed by atoms with Gasteiger partial charge in [-0.15, -0.1) is 12.4 Å². The molecule has 2 aromatic rings. The van der Waals surface area contributed by atoms with E-state index < -0.39 is 5.97 Å². The van der Waals surface area contributed by atoms with E-state index in [9.17, 15) is 9.90 Å². The molecule has 0 saturated carbocycles. The first-order valence-electron chi connectivity index (χ1n) is 9.26. The largest absolute Gasteiger partial charge is 0.504 e. The summed E-state index contributed by atoms with van der Waals surface area (Å²) in [6.45, 7) is 5.01. The molecule has 0 spiro atoms. The minimum Gasteiger partial charge on any atom is -0.504 e. The molecule has 4 rings (SSSR count). The van der Waals surface area contributed by atoms with Crippen LogP contribution in [0.5, 0.6) is 5.75 Å². The third-order valence-electron chi connectivity index (χ3n) is 4.87. The van der Waals surface area contributed by atoms with E-state index >= 15 is 0 Å². The topological polar surface area (TPSA) is 91.4 Å². The summed E-state index contributed by atoms with van der Waals surface area (Å²) >= 11 is 0. The summed E-state index contributed by atoms with van der Waals surface area (Å²) in [4.78, 5) is 25.1. The second kappa shape index (κ2) is 8.67. The van der Waals surface area contributed by atoms with Crippen molar-refractivity contribution in [3.05, 3.63) is 35.2 Å². The highest BCUT2D eigenvalue weighted by Gasteiger charge is 2.31. The van der Waals surface area contributed by atoms with Crippen LogP contribution in [0, 0.1) is 0 Å². The molecule has 0 atom stereocenters. The van der Waals surface area contributed by atoms with Gasteiger partial charge in [0.15, 0.2) is 22.9 Å². The van der Waals surface area contributed by atoms with Crippen LogP contribution in [-0.2, 0) is 4.74 Å². The standard InChI is InChI=1S/C20H22N4O4.ClH/c1-3-27-20(26)16-17(25)15(28-19(16)24-9-7-23(2)8-10-24)11-13-12-22-18-14(13)5-4-6-21-18;/h4-6,11-12,25H,3,7-10H2,1-2H3;1H. The number of rotatable bonds is 4. The number of esters is 1. The van der Waals surface area contributed by atoms with Crippen molar-refractivity contribution in [1.82, 2.24) is 9.88 Å². The van der Waals surface area contributed by atoms with Crippen LogP contribution < -0.4 is 4.90 Å². The Morgan fingerprint density at radius 1 is 1.34 bits per heavy atom. The molecule has 2 aromatic heterocycles. The van der Waals surface area contributed by atoms with Crippen molar-refractivity contribution in [1.29, 1.82) is 0 Å². The number of aliphatic imine (C=N–C) groups is 1. The minimum atomic E-state index is -0.593. The van der Waals surface area contributed by atoms with Gasteiger partial charge < -0.3 is 24.1 Å². The molecule has 1 saturated heterocycles. The first-order chi connectivity index (χ1) is 13.6. The smallest absolute Gasteiger partial charge is 0.347 e. The number of furan rings is 1. The highest BCUT2D eigenvalue weighted by Crippen LogP contribution is 2.40. The van der Waals surface area contributed by atoms with Gasteiger partial charge in [-0.25, -0.2) is 14.8 Å². The van der Waals surface area contributed by atoms with Crippen LogP contribution in [0.2, 0.25) is 0 Å². The van der Waals surface area contributed by atoms with E-state index in [4.69, 9.17) is 9.15 Å². The van der Waals surface area contributed by atoms with Crippen LogP contribution in [0.4, 0.5) is 11.7 Å². The van der Waals surface area contributed by atoms with Gasteiger partial charge in [-0.1, -0.05) is 0 Å². The number of carbonyl (C=O) groups excluding carboxylic acids is 1. The first-order valence-corrected chi connectivity index (χ1v) is 9.26. The van der Waals surface area contributed by atoms with Crippen LogP contribution >= 0.6 is 12.4 Å². The quantitative estimate of drug-likeness (QED) is 0.763. The van der Waals surface area contributed by atoms with Gasteiger partial charge >= 0.3 is 5.97 Å². The molecule has 2 aliphatic rings. The second-order valence-electron chi connectivity index (χ2n) is 6.74. The van der Waals surface area contributed by atoms with Crippen molar-refractivity contribution in [2.75, 3.05) is 44.7 Å². The number of anilines is 1. The number of hydrogen-bond acceptors (Lipinski definition) is 8. The Hall–Kier alpha value is -2.84. The summed E-state index contributed by atoms with van der Waals surface area (Å²) in [6, 6.07) is 3.72. The average molecular weight is 419 g/mol. The number of aromatic nitrogens is 1. The molecule has 1 fully saturated rings. The molecular formula is C20H23ClN4O4. The fraction of sp³-hybridized carbons (Fsp3) is 0.350. The van der Waals surface area contributed by atoms with E-state index in [1.165, 1.54) is 0 Å². The lowest BCUT2D eigenvalue weighted by atomic mass is 10.1. The third kappa shape index (κ3) is 3.99. The highest BCUT2D eigenvalue weighted by molar-refractivity contribution is 6.21. The molecule has 0 amide bonds. The molecule has 0 radical (unpaired) electrons. The fourth-order valence-corrected chi connectivity index (χ4v) is 3.33. The van der Waals surface area contributed by atoms with Gasteiger partial charge in [-0.05, 0) is 32.2 Å². The molecule has 0 bridgehead atoms. The van der Waals surface area contributed by atoms with Crippen molar-refractivity contribution >= 4 is 47.9 Å². The molecule has 0 aliphatic carbocycles. The van der Waals surface area contributed by atoms with Gasteiger partial charge in [0.05, 0.1) is 6.61 Å². The summed E-state index contributed by atoms with van der Waals surface area (Å²) in [6.07, 6.45) is 5.02. The molecular weight excluding hydrogens is 396 g/mol. The van der Waals surface area contributed by atoms with E-state index in [0.717, 1.165) is 24.2 Å². The number of carbonyl (C=O) groups is 1. The number of fused-ring (bicyclic) bond motifs is 1. The zero-order chi connectivity index (χ0) is 19.7.